The van der Waals surface area contributed by atoms with Crippen LogP contribution in [0.15, 0.2) is 18.3 Å². The van der Waals surface area contributed by atoms with Crippen LogP contribution in [0.5, 0.6) is 0 Å². The molecule has 3 N–H and O–H groups in total. The van der Waals surface area contributed by atoms with Crippen LogP contribution in [-0.2, 0) is 4.79 Å². The SMILES string of the molecule is CCC(C)C(N)C(=O)Nc1cccnc1C. The van der Waals surface area contributed by atoms with Crippen molar-refractivity contribution in [2.45, 2.75) is 33.2 Å². The number of nitrogens with zero attached hydrogens (tertiary/aromatic N) is 1. The maximum atomic E-state index is 11.8. The molecule has 0 bridgehead atoms. The van der Waals surface area contributed by atoms with Crippen molar-refractivity contribution >= 4 is 11.6 Å². The molecule has 16 heavy (non-hydrogen) atoms. The van der Waals surface area contributed by atoms with Crippen LogP contribution in [0.4, 0.5) is 5.69 Å². The van der Waals surface area contributed by atoms with Crippen LogP contribution in [0.25, 0.3) is 0 Å². The minimum atomic E-state index is -0.468. The normalized spacial score (nSPS) is 14.2. The molecule has 4 nitrogen and oxygen atoms in total. The number of hydrogen-bond acceptors (Lipinski definition) is 3. The number of carbonyl (C=O) groups is 1. The van der Waals surface area contributed by atoms with Crippen molar-refractivity contribution in [1.29, 1.82) is 0 Å². The third kappa shape index (κ3) is 3.03. The molecule has 1 heterocycles. The van der Waals surface area contributed by atoms with Gasteiger partial charge in [0.25, 0.3) is 0 Å². The summed E-state index contributed by atoms with van der Waals surface area (Å²) in [6.07, 6.45) is 2.58. The lowest BCUT2D eigenvalue weighted by Crippen LogP contribution is -2.40. The third-order valence-electron chi connectivity index (χ3n) is 2.82. The first-order chi connectivity index (χ1) is 7.56. The van der Waals surface area contributed by atoms with Crippen molar-refractivity contribution in [3.8, 4) is 0 Å². The average molecular weight is 221 g/mol. The van der Waals surface area contributed by atoms with E-state index in [9.17, 15) is 4.79 Å². The number of anilines is 1. The predicted octanol–water partition coefficient (Wildman–Crippen LogP) is 1.70. The fourth-order valence-corrected chi connectivity index (χ4v) is 1.34. The number of pyridine rings is 1. The zero-order chi connectivity index (χ0) is 12.1. The molecule has 0 saturated carbocycles. The number of nitrogens with one attached hydrogen (secondary N) is 1. The quantitative estimate of drug-likeness (QED) is 0.813. The van der Waals surface area contributed by atoms with Gasteiger partial charge in [-0.05, 0) is 25.0 Å². The van der Waals surface area contributed by atoms with Crippen LogP contribution < -0.4 is 11.1 Å². The van der Waals surface area contributed by atoms with Crippen LogP contribution in [0, 0.1) is 12.8 Å². The zero-order valence-electron chi connectivity index (χ0n) is 10.0. The van der Waals surface area contributed by atoms with Gasteiger partial charge in [0.1, 0.15) is 0 Å². The average Bonchev–Trinajstić information content (AvgIpc) is 2.30. The fourth-order valence-electron chi connectivity index (χ4n) is 1.34. The van der Waals surface area contributed by atoms with Gasteiger partial charge in [-0.2, -0.15) is 0 Å². The highest BCUT2D eigenvalue weighted by Crippen LogP contribution is 2.12. The summed E-state index contributed by atoms with van der Waals surface area (Å²) in [4.78, 5) is 15.9. The highest BCUT2D eigenvalue weighted by molar-refractivity contribution is 5.95. The molecular weight excluding hydrogens is 202 g/mol. The van der Waals surface area contributed by atoms with Crippen molar-refractivity contribution in [1.82, 2.24) is 4.98 Å². The molecular formula is C12H19N3O. The monoisotopic (exact) mass is 221 g/mol. The number of aryl methyl sites for hydroxylation is 1. The highest BCUT2D eigenvalue weighted by atomic mass is 16.2. The first-order valence-corrected chi connectivity index (χ1v) is 5.54. The summed E-state index contributed by atoms with van der Waals surface area (Å²) in [5, 5.41) is 2.80. The number of hydrogen-bond donors (Lipinski definition) is 2. The Kier molecular flexibility index (Phi) is 4.43. The summed E-state index contributed by atoms with van der Waals surface area (Å²) in [7, 11) is 0. The van der Waals surface area contributed by atoms with E-state index in [4.69, 9.17) is 5.73 Å². The van der Waals surface area contributed by atoms with E-state index in [2.05, 4.69) is 10.3 Å². The van der Waals surface area contributed by atoms with Gasteiger partial charge < -0.3 is 11.1 Å². The van der Waals surface area contributed by atoms with Crippen LogP contribution in [0.1, 0.15) is 26.0 Å². The summed E-state index contributed by atoms with van der Waals surface area (Å²) in [6, 6.07) is 3.14. The molecule has 2 unspecified atom stereocenters. The Morgan fingerprint density at radius 2 is 2.31 bits per heavy atom. The van der Waals surface area contributed by atoms with E-state index in [-0.39, 0.29) is 11.8 Å². The van der Waals surface area contributed by atoms with Gasteiger partial charge in [-0.3, -0.25) is 9.78 Å². The Labute approximate surface area is 96.3 Å². The van der Waals surface area contributed by atoms with E-state index in [1.807, 2.05) is 26.8 Å². The van der Waals surface area contributed by atoms with E-state index in [0.29, 0.717) is 0 Å². The van der Waals surface area contributed by atoms with Gasteiger partial charge in [-0.25, -0.2) is 0 Å². The highest BCUT2D eigenvalue weighted by Gasteiger charge is 2.19. The third-order valence-corrected chi connectivity index (χ3v) is 2.82. The molecule has 4 heteroatoms. The summed E-state index contributed by atoms with van der Waals surface area (Å²) in [6.45, 7) is 5.85. The summed E-state index contributed by atoms with van der Waals surface area (Å²) < 4.78 is 0. The molecule has 1 rings (SSSR count). The largest absolute Gasteiger partial charge is 0.323 e. The minimum absolute atomic E-state index is 0.148. The number of aromatic nitrogens is 1. The van der Waals surface area contributed by atoms with Gasteiger partial charge in [-0.15, -0.1) is 0 Å². The van der Waals surface area contributed by atoms with Gasteiger partial charge in [0.05, 0.1) is 17.4 Å². The first kappa shape index (κ1) is 12.6. The molecule has 0 saturated heterocycles. The van der Waals surface area contributed by atoms with Crippen molar-refractivity contribution in [2.75, 3.05) is 5.32 Å². The van der Waals surface area contributed by atoms with Crippen molar-refractivity contribution in [3.05, 3.63) is 24.0 Å². The molecule has 0 fully saturated rings. The van der Waals surface area contributed by atoms with Gasteiger partial charge in [0.15, 0.2) is 0 Å². The predicted molar refractivity (Wildman–Crippen MR) is 65.0 cm³/mol. The van der Waals surface area contributed by atoms with Crippen molar-refractivity contribution < 1.29 is 4.79 Å². The Hall–Kier alpha value is -1.42. The van der Waals surface area contributed by atoms with Crippen LogP contribution in [0.3, 0.4) is 0 Å². The van der Waals surface area contributed by atoms with E-state index < -0.39 is 6.04 Å². The lowest BCUT2D eigenvalue weighted by Gasteiger charge is -2.18. The lowest BCUT2D eigenvalue weighted by molar-refractivity contribution is -0.118. The second-order valence-corrected chi connectivity index (χ2v) is 4.04. The van der Waals surface area contributed by atoms with E-state index in [1.54, 1.807) is 12.3 Å². The summed E-state index contributed by atoms with van der Waals surface area (Å²) >= 11 is 0. The van der Waals surface area contributed by atoms with Crippen molar-refractivity contribution in [2.24, 2.45) is 11.7 Å². The Balaban J connectivity index is 2.68. The smallest absolute Gasteiger partial charge is 0.241 e. The first-order valence-electron chi connectivity index (χ1n) is 5.54. The van der Waals surface area contributed by atoms with E-state index >= 15 is 0 Å². The van der Waals surface area contributed by atoms with Crippen LogP contribution >= 0.6 is 0 Å². The van der Waals surface area contributed by atoms with Gasteiger partial charge in [0, 0.05) is 6.20 Å². The van der Waals surface area contributed by atoms with Crippen LogP contribution in [0.2, 0.25) is 0 Å². The Morgan fingerprint density at radius 1 is 1.62 bits per heavy atom. The number of nitrogens with two attached hydrogens (primary N) is 1. The number of rotatable bonds is 4. The number of amides is 1. The molecule has 2 atom stereocenters. The molecule has 1 aromatic rings. The molecule has 88 valence electrons. The van der Waals surface area contributed by atoms with Crippen molar-refractivity contribution in [3.63, 3.8) is 0 Å². The maximum absolute atomic E-state index is 11.8. The second kappa shape index (κ2) is 5.61. The molecule has 0 aromatic carbocycles. The van der Waals surface area contributed by atoms with Gasteiger partial charge in [-0.1, -0.05) is 20.3 Å². The summed E-state index contributed by atoms with van der Waals surface area (Å²) in [5.41, 5.74) is 7.36. The van der Waals surface area contributed by atoms with E-state index in [1.165, 1.54) is 0 Å². The lowest BCUT2D eigenvalue weighted by atomic mass is 9.99. The maximum Gasteiger partial charge on any atom is 0.241 e. The topological polar surface area (TPSA) is 68.0 Å². The second-order valence-electron chi connectivity index (χ2n) is 4.04. The van der Waals surface area contributed by atoms with Gasteiger partial charge in [0.2, 0.25) is 5.91 Å². The Morgan fingerprint density at radius 3 is 2.88 bits per heavy atom. The molecule has 0 radical (unpaired) electrons. The molecule has 1 amide bonds. The summed E-state index contributed by atoms with van der Waals surface area (Å²) in [5.74, 6) is 0.0300. The fraction of sp³-hybridized carbons (Fsp3) is 0.500. The van der Waals surface area contributed by atoms with Crippen LogP contribution in [-0.4, -0.2) is 16.9 Å². The molecule has 0 aliphatic heterocycles. The molecule has 0 aliphatic carbocycles. The standard InChI is InChI=1S/C12H19N3O/c1-4-8(2)11(13)12(16)15-10-6-5-7-14-9(10)3/h5-8,11H,4,13H2,1-3H3,(H,15,16). The van der Waals surface area contributed by atoms with Gasteiger partial charge >= 0.3 is 0 Å². The molecule has 0 spiro atoms. The van der Waals surface area contributed by atoms with E-state index in [0.717, 1.165) is 17.8 Å². The zero-order valence-corrected chi connectivity index (χ0v) is 10.0. The molecule has 1 aromatic heterocycles. The molecule has 0 aliphatic rings. The number of carbonyl (C=O) groups excluding carboxylic acids is 1. The Bertz CT molecular complexity index is 365. The minimum Gasteiger partial charge on any atom is -0.323 e.